The normalized spacial score (nSPS) is 10.6. The highest BCUT2D eigenvalue weighted by atomic mass is 79.9. The number of aryl methyl sites for hydroxylation is 1. The maximum absolute atomic E-state index is 5.97. The zero-order valence-electron chi connectivity index (χ0n) is 12.5. The summed E-state index contributed by atoms with van der Waals surface area (Å²) in [6.45, 7) is 6.52. The van der Waals surface area contributed by atoms with Crippen molar-refractivity contribution in [2.75, 3.05) is 6.54 Å². The number of hydrogen-bond acceptors (Lipinski definition) is 3. The Morgan fingerprint density at radius 3 is 2.90 bits per heavy atom. The zero-order chi connectivity index (χ0) is 15.1. The standard InChI is InChI=1S/C17H21BrN2O/c1-3-8-19-11-14-10-15(18)6-7-17(14)21-12-16-13(2)5-4-9-20-16/h4-7,9-10,19H,3,8,11-12H2,1-2H3. The number of benzene rings is 1. The molecular formula is C17H21BrN2O. The number of hydrogen-bond donors (Lipinski definition) is 1. The van der Waals surface area contributed by atoms with E-state index in [1.54, 1.807) is 6.20 Å². The van der Waals surface area contributed by atoms with Crippen molar-refractivity contribution >= 4 is 15.9 Å². The van der Waals surface area contributed by atoms with Gasteiger partial charge < -0.3 is 10.1 Å². The first kappa shape index (κ1) is 16.0. The highest BCUT2D eigenvalue weighted by Crippen LogP contribution is 2.24. The van der Waals surface area contributed by atoms with Crippen LogP contribution in [0, 0.1) is 6.92 Å². The third-order valence-corrected chi connectivity index (χ3v) is 3.74. The minimum absolute atomic E-state index is 0.495. The number of ether oxygens (including phenoxy) is 1. The lowest BCUT2D eigenvalue weighted by molar-refractivity contribution is 0.296. The molecule has 0 fully saturated rings. The first-order valence-electron chi connectivity index (χ1n) is 7.23. The van der Waals surface area contributed by atoms with Crippen molar-refractivity contribution in [3.63, 3.8) is 0 Å². The summed E-state index contributed by atoms with van der Waals surface area (Å²) >= 11 is 3.52. The average Bonchev–Trinajstić information content (AvgIpc) is 2.48. The fourth-order valence-corrected chi connectivity index (χ4v) is 2.45. The molecule has 4 heteroatoms. The number of pyridine rings is 1. The van der Waals surface area contributed by atoms with Crippen LogP contribution in [0.1, 0.15) is 30.2 Å². The molecule has 0 amide bonds. The van der Waals surface area contributed by atoms with Gasteiger partial charge in [0.15, 0.2) is 0 Å². The summed E-state index contributed by atoms with van der Waals surface area (Å²) in [5, 5.41) is 3.41. The molecule has 0 saturated carbocycles. The van der Waals surface area contributed by atoms with Gasteiger partial charge in [0.25, 0.3) is 0 Å². The molecule has 0 radical (unpaired) electrons. The second kappa shape index (κ2) is 8.15. The maximum atomic E-state index is 5.97. The Morgan fingerprint density at radius 2 is 2.14 bits per heavy atom. The van der Waals surface area contributed by atoms with Crippen LogP contribution >= 0.6 is 15.9 Å². The first-order chi connectivity index (χ1) is 10.2. The van der Waals surface area contributed by atoms with Gasteiger partial charge in [0.2, 0.25) is 0 Å². The molecule has 0 spiro atoms. The molecule has 0 unspecified atom stereocenters. The van der Waals surface area contributed by atoms with Gasteiger partial charge in [-0.15, -0.1) is 0 Å². The molecule has 2 aromatic rings. The topological polar surface area (TPSA) is 34.1 Å². The van der Waals surface area contributed by atoms with E-state index in [0.29, 0.717) is 6.61 Å². The van der Waals surface area contributed by atoms with E-state index in [1.165, 1.54) is 0 Å². The van der Waals surface area contributed by atoms with Crippen LogP contribution in [-0.4, -0.2) is 11.5 Å². The molecule has 0 aliphatic rings. The minimum Gasteiger partial charge on any atom is -0.487 e. The molecule has 1 heterocycles. The fraction of sp³-hybridized carbons (Fsp3) is 0.353. The van der Waals surface area contributed by atoms with E-state index in [0.717, 1.165) is 46.6 Å². The molecule has 21 heavy (non-hydrogen) atoms. The lowest BCUT2D eigenvalue weighted by Crippen LogP contribution is -2.15. The van der Waals surface area contributed by atoms with Gasteiger partial charge in [-0.2, -0.15) is 0 Å². The Hall–Kier alpha value is -1.39. The minimum atomic E-state index is 0.495. The molecule has 3 nitrogen and oxygen atoms in total. The van der Waals surface area contributed by atoms with Crippen molar-refractivity contribution in [3.8, 4) is 5.75 Å². The summed E-state index contributed by atoms with van der Waals surface area (Å²) in [4.78, 5) is 4.37. The molecule has 1 aromatic carbocycles. The van der Waals surface area contributed by atoms with Crippen molar-refractivity contribution in [2.45, 2.75) is 33.4 Å². The Morgan fingerprint density at radius 1 is 1.29 bits per heavy atom. The average molecular weight is 349 g/mol. The quantitative estimate of drug-likeness (QED) is 0.760. The van der Waals surface area contributed by atoms with Gasteiger partial charge >= 0.3 is 0 Å². The van der Waals surface area contributed by atoms with Crippen LogP contribution < -0.4 is 10.1 Å². The van der Waals surface area contributed by atoms with Crippen LogP contribution in [0.2, 0.25) is 0 Å². The second-order valence-corrected chi connectivity index (χ2v) is 5.90. The van der Waals surface area contributed by atoms with Crippen molar-refractivity contribution in [1.29, 1.82) is 0 Å². The van der Waals surface area contributed by atoms with Crippen LogP contribution in [0.25, 0.3) is 0 Å². The smallest absolute Gasteiger partial charge is 0.130 e. The van der Waals surface area contributed by atoms with E-state index in [-0.39, 0.29) is 0 Å². The molecule has 112 valence electrons. The van der Waals surface area contributed by atoms with Gasteiger partial charge in [-0.3, -0.25) is 4.98 Å². The number of nitrogens with zero attached hydrogens (tertiary/aromatic N) is 1. The van der Waals surface area contributed by atoms with E-state index < -0.39 is 0 Å². The van der Waals surface area contributed by atoms with Crippen molar-refractivity contribution in [1.82, 2.24) is 10.3 Å². The van der Waals surface area contributed by atoms with Crippen LogP contribution in [0.4, 0.5) is 0 Å². The summed E-state index contributed by atoms with van der Waals surface area (Å²) in [7, 11) is 0. The van der Waals surface area contributed by atoms with Crippen LogP contribution in [0.5, 0.6) is 5.75 Å². The number of aromatic nitrogens is 1. The summed E-state index contributed by atoms with van der Waals surface area (Å²) < 4.78 is 7.03. The van der Waals surface area contributed by atoms with E-state index in [4.69, 9.17) is 4.74 Å². The fourth-order valence-electron chi connectivity index (χ4n) is 2.04. The summed E-state index contributed by atoms with van der Waals surface area (Å²) in [5.74, 6) is 0.909. The third kappa shape index (κ3) is 4.83. The molecule has 0 aliphatic carbocycles. The Balaban J connectivity index is 2.06. The predicted octanol–water partition coefficient (Wildman–Crippen LogP) is 4.23. The van der Waals surface area contributed by atoms with Crippen LogP contribution in [0.15, 0.2) is 41.0 Å². The second-order valence-electron chi connectivity index (χ2n) is 4.98. The van der Waals surface area contributed by atoms with Gasteiger partial charge in [0, 0.05) is 22.8 Å². The molecule has 1 aromatic heterocycles. The largest absolute Gasteiger partial charge is 0.487 e. The Kier molecular flexibility index (Phi) is 6.21. The van der Waals surface area contributed by atoms with Gasteiger partial charge in [0.05, 0.1) is 5.69 Å². The first-order valence-corrected chi connectivity index (χ1v) is 8.02. The van der Waals surface area contributed by atoms with E-state index in [1.807, 2.05) is 18.2 Å². The zero-order valence-corrected chi connectivity index (χ0v) is 14.1. The predicted molar refractivity (Wildman–Crippen MR) is 89.4 cm³/mol. The Bertz CT molecular complexity index is 587. The third-order valence-electron chi connectivity index (χ3n) is 3.25. The highest BCUT2D eigenvalue weighted by molar-refractivity contribution is 9.10. The van der Waals surface area contributed by atoms with Gasteiger partial charge in [0.1, 0.15) is 12.4 Å². The van der Waals surface area contributed by atoms with Gasteiger partial charge in [-0.25, -0.2) is 0 Å². The van der Waals surface area contributed by atoms with Crippen molar-refractivity contribution < 1.29 is 4.74 Å². The number of halogens is 1. The van der Waals surface area contributed by atoms with E-state index in [2.05, 4.69) is 52.2 Å². The molecule has 0 aliphatic heterocycles. The summed E-state index contributed by atoms with van der Waals surface area (Å²) in [6, 6.07) is 10.1. The van der Waals surface area contributed by atoms with Crippen molar-refractivity contribution in [3.05, 3.63) is 57.8 Å². The lowest BCUT2D eigenvalue weighted by Gasteiger charge is -2.13. The van der Waals surface area contributed by atoms with Crippen LogP contribution in [0.3, 0.4) is 0 Å². The lowest BCUT2D eigenvalue weighted by atomic mass is 10.2. The Labute approximate surface area is 134 Å². The van der Waals surface area contributed by atoms with Crippen molar-refractivity contribution in [2.24, 2.45) is 0 Å². The maximum Gasteiger partial charge on any atom is 0.130 e. The molecule has 0 bridgehead atoms. The molecule has 0 atom stereocenters. The molecular weight excluding hydrogens is 328 g/mol. The van der Waals surface area contributed by atoms with E-state index in [9.17, 15) is 0 Å². The SMILES string of the molecule is CCCNCc1cc(Br)ccc1OCc1ncccc1C. The van der Waals surface area contributed by atoms with E-state index >= 15 is 0 Å². The number of rotatable bonds is 7. The summed E-state index contributed by atoms with van der Waals surface area (Å²) in [6.07, 6.45) is 2.92. The molecule has 2 rings (SSSR count). The summed E-state index contributed by atoms with van der Waals surface area (Å²) in [5.41, 5.74) is 3.29. The van der Waals surface area contributed by atoms with Gasteiger partial charge in [-0.1, -0.05) is 28.9 Å². The number of nitrogens with one attached hydrogen (secondary N) is 1. The monoisotopic (exact) mass is 348 g/mol. The highest BCUT2D eigenvalue weighted by Gasteiger charge is 2.06. The molecule has 0 saturated heterocycles. The molecule has 1 N–H and O–H groups in total. The van der Waals surface area contributed by atoms with Gasteiger partial charge in [-0.05, 0) is 49.7 Å². The van der Waals surface area contributed by atoms with Crippen LogP contribution in [-0.2, 0) is 13.2 Å².